The SMILES string of the molecule is CC(C)C(CCN)CCC(=O)N1CCSc2ccccc21. The van der Waals surface area contributed by atoms with Gasteiger partial charge in [0.15, 0.2) is 0 Å². The van der Waals surface area contributed by atoms with Crippen LogP contribution in [0.15, 0.2) is 29.2 Å². The van der Waals surface area contributed by atoms with Crippen LogP contribution in [0.3, 0.4) is 0 Å². The molecule has 0 aliphatic carbocycles. The topological polar surface area (TPSA) is 46.3 Å². The van der Waals surface area contributed by atoms with Gasteiger partial charge in [0.25, 0.3) is 0 Å². The molecule has 1 aromatic rings. The number of carbonyl (C=O) groups excluding carboxylic acids is 1. The Morgan fingerprint density at radius 3 is 2.81 bits per heavy atom. The van der Waals surface area contributed by atoms with E-state index in [0.29, 0.717) is 24.8 Å². The number of nitrogens with two attached hydrogens (primary N) is 1. The van der Waals surface area contributed by atoms with Crippen molar-refractivity contribution in [1.29, 1.82) is 0 Å². The molecule has 2 rings (SSSR count). The zero-order valence-electron chi connectivity index (χ0n) is 13.0. The first kappa shape index (κ1) is 16.4. The van der Waals surface area contributed by atoms with Crippen molar-refractivity contribution in [2.45, 2.75) is 38.0 Å². The molecule has 1 heterocycles. The highest BCUT2D eigenvalue weighted by Gasteiger charge is 2.23. The Morgan fingerprint density at radius 2 is 2.10 bits per heavy atom. The molecule has 2 N–H and O–H groups in total. The van der Waals surface area contributed by atoms with Crippen molar-refractivity contribution in [1.82, 2.24) is 0 Å². The molecule has 0 radical (unpaired) electrons. The van der Waals surface area contributed by atoms with E-state index in [2.05, 4.69) is 26.0 Å². The number of amides is 1. The third kappa shape index (κ3) is 4.24. The van der Waals surface area contributed by atoms with Gasteiger partial charge in [-0.2, -0.15) is 0 Å². The van der Waals surface area contributed by atoms with Gasteiger partial charge >= 0.3 is 0 Å². The quantitative estimate of drug-likeness (QED) is 0.874. The molecule has 1 amide bonds. The molecule has 1 unspecified atom stereocenters. The van der Waals surface area contributed by atoms with Crippen molar-refractivity contribution in [2.75, 3.05) is 23.7 Å². The Kier molecular flexibility index (Phi) is 6.12. The molecular formula is C17H26N2OS. The lowest BCUT2D eigenvalue weighted by atomic mass is 9.88. The van der Waals surface area contributed by atoms with Crippen molar-refractivity contribution >= 4 is 23.4 Å². The lowest BCUT2D eigenvalue weighted by molar-refractivity contribution is -0.119. The second-order valence-electron chi connectivity index (χ2n) is 5.98. The fourth-order valence-corrected chi connectivity index (χ4v) is 3.89. The van der Waals surface area contributed by atoms with E-state index in [1.807, 2.05) is 28.8 Å². The van der Waals surface area contributed by atoms with Gasteiger partial charge in [0.05, 0.1) is 5.69 Å². The normalized spacial score (nSPS) is 15.9. The van der Waals surface area contributed by atoms with E-state index in [4.69, 9.17) is 5.73 Å². The summed E-state index contributed by atoms with van der Waals surface area (Å²) in [6.07, 6.45) is 2.58. The average Bonchev–Trinajstić information content (AvgIpc) is 2.50. The van der Waals surface area contributed by atoms with Gasteiger partial charge in [0, 0.05) is 23.6 Å². The lowest BCUT2D eigenvalue weighted by Crippen LogP contribution is -2.35. The molecule has 0 aromatic heterocycles. The largest absolute Gasteiger partial charge is 0.330 e. The number of hydrogen-bond acceptors (Lipinski definition) is 3. The van der Waals surface area contributed by atoms with Gasteiger partial charge in [-0.15, -0.1) is 11.8 Å². The van der Waals surface area contributed by atoms with Crippen molar-refractivity contribution in [3.8, 4) is 0 Å². The highest BCUT2D eigenvalue weighted by atomic mass is 32.2. The highest BCUT2D eigenvalue weighted by molar-refractivity contribution is 7.99. The molecule has 0 fully saturated rings. The predicted octanol–water partition coefficient (Wildman–Crippen LogP) is 3.53. The van der Waals surface area contributed by atoms with E-state index in [1.165, 1.54) is 4.90 Å². The highest BCUT2D eigenvalue weighted by Crippen LogP contribution is 2.35. The predicted molar refractivity (Wildman–Crippen MR) is 90.8 cm³/mol. The van der Waals surface area contributed by atoms with Gasteiger partial charge in [-0.3, -0.25) is 4.79 Å². The Hall–Kier alpha value is -1.00. The van der Waals surface area contributed by atoms with Crippen LogP contribution in [0, 0.1) is 11.8 Å². The van der Waals surface area contributed by atoms with E-state index in [-0.39, 0.29) is 5.91 Å². The third-order valence-corrected chi connectivity index (χ3v) is 5.28. The average molecular weight is 306 g/mol. The molecule has 3 nitrogen and oxygen atoms in total. The lowest BCUT2D eigenvalue weighted by Gasteiger charge is -2.30. The van der Waals surface area contributed by atoms with Crippen LogP contribution in [0.4, 0.5) is 5.69 Å². The van der Waals surface area contributed by atoms with E-state index < -0.39 is 0 Å². The van der Waals surface area contributed by atoms with Crippen molar-refractivity contribution in [3.05, 3.63) is 24.3 Å². The van der Waals surface area contributed by atoms with Crippen LogP contribution >= 0.6 is 11.8 Å². The van der Waals surface area contributed by atoms with Crippen molar-refractivity contribution in [2.24, 2.45) is 17.6 Å². The molecule has 4 heteroatoms. The third-order valence-electron chi connectivity index (χ3n) is 4.24. The monoisotopic (exact) mass is 306 g/mol. The molecule has 0 bridgehead atoms. The number of fused-ring (bicyclic) bond motifs is 1. The summed E-state index contributed by atoms with van der Waals surface area (Å²) in [6, 6.07) is 8.20. The maximum absolute atomic E-state index is 12.6. The first-order valence-electron chi connectivity index (χ1n) is 7.85. The van der Waals surface area contributed by atoms with Gasteiger partial charge in [0.2, 0.25) is 5.91 Å². The fourth-order valence-electron chi connectivity index (χ4n) is 2.90. The van der Waals surface area contributed by atoms with Gasteiger partial charge in [-0.05, 0) is 43.4 Å². The number of nitrogens with zero attached hydrogens (tertiary/aromatic N) is 1. The Labute approximate surface area is 132 Å². The molecule has 116 valence electrons. The molecule has 0 saturated heterocycles. The summed E-state index contributed by atoms with van der Waals surface area (Å²) in [5.41, 5.74) is 6.76. The van der Waals surface area contributed by atoms with E-state index in [0.717, 1.165) is 30.8 Å². The van der Waals surface area contributed by atoms with E-state index >= 15 is 0 Å². The second-order valence-corrected chi connectivity index (χ2v) is 7.12. The van der Waals surface area contributed by atoms with Crippen molar-refractivity contribution in [3.63, 3.8) is 0 Å². The standard InChI is InChI=1S/C17H26N2OS/c1-13(2)14(9-10-18)7-8-17(20)19-11-12-21-16-6-4-3-5-15(16)19/h3-6,13-14H,7-12,18H2,1-2H3. The Bertz CT molecular complexity index is 476. The van der Waals surface area contributed by atoms with Crippen LogP contribution in [0.5, 0.6) is 0 Å². The molecule has 0 spiro atoms. The maximum Gasteiger partial charge on any atom is 0.227 e. The zero-order valence-corrected chi connectivity index (χ0v) is 13.9. The summed E-state index contributed by atoms with van der Waals surface area (Å²) < 4.78 is 0. The summed E-state index contributed by atoms with van der Waals surface area (Å²) >= 11 is 1.84. The molecule has 1 aliphatic rings. The summed E-state index contributed by atoms with van der Waals surface area (Å²) in [7, 11) is 0. The minimum Gasteiger partial charge on any atom is -0.330 e. The van der Waals surface area contributed by atoms with E-state index in [9.17, 15) is 4.79 Å². The number of rotatable bonds is 6. The van der Waals surface area contributed by atoms with Crippen molar-refractivity contribution < 1.29 is 4.79 Å². The van der Waals surface area contributed by atoms with Crippen LogP contribution < -0.4 is 10.6 Å². The number of thioether (sulfide) groups is 1. The second kappa shape index (κ2) is 7.85. The number of anilines is 1. The van der Waals surface area contributed by atoms with Gasteiger partial charge in [-0.1, -0.05) is 26.0 Å². The number of hydrogen-bond donors (Lipinski definition) is 1. The zero-order chi connectivity index (χ0) is 15.2. The van der Waals surface area contributed by atoms with Crippen LogP contribution in [0.1, 0.15) is 33.1 Å². The van der Waals surface area contributed by atoms with E-state index in [1.54, 1.807) is 0 Å². The number of benzene rings is 1. The Balaban J connectivity index is 1.98. The first-order chi connectivity index (χ1) is 10.1. The Morgan fingerprint density at radius 1 is 1.33 bits per heavy atom. The molecular weight excluding hydrogens is 280 g/mol. The fraction of sp³-hybridized carbons (Fsp3) is 0.588. The van der Waals surface area contributed by atoms with Gasteiger partial charge in [-0.25, -0.2) is 0 Å². The summed E-state index contributed by atoms with van der Waals surface area (Å²) in [4.78, 5) is 15.8. The minimum absolute atomic E-state index is 0.255. The summed E-state index contributed by atoms with van der Waals surface area (Å²) in [5, 5.41) is 0. The summed E-state index contributed by atoms with van der Waals surface area (Å²) in [6.45, 7) is 5.97. The molecule has 21 heavy (non-hydrogen) atoms. The molecule has 1 atom stereocenters. The minimum atomic E-state index is 0.255. The first-order valence-corrected chi connectivity index (χ1v) is 8.84. The molecule has 1 aliphatic heterocycles. The smallest absolute Gasteiger partial charge is 0.227 e. The van der Waals surface area contributed by atoms with Gasteiger partial charge in [0.1, 0.15) is 0 Å². The molecule has 1 aromatic carbocycles. The van der Waals surface area contributed by atoms with Crippen LogP contribution in [0.2, 0.25) is 0 Å². The molecule has 0 saturated carbocycles. The number of para-hydroxylation sites is 1. The van der Waals surface area contributed by atoms with Gasteiger partial charge < -0.3 is 10.6 Å². The summed E-state index contributed by atoms with van der Waals surface area (Å²) in [5.74, 6) is 2.38. The van der Waals surface area contributed by atoms with Crippen LogP contribution in [-0.2, 0) is 4.79 Å². The number of carbonyl (C=O) groups is 1. The van der Waals surface area contributed by atoms with Crippen LogP contribution in [-0.4, -0.2) is 24.7 Å². The van der Waals surface area contributed by atoms with Crippen LogP contribution in [0.25, 0.3) is 0 Å². The maximum atomic E-state index is 12.6.